The molecule has 4 nitrogen and oxygen atoms in total. The Morgan fingerprint density at radius 3 is 1.62 bits per heavy atom. The minimum Gasteiger partial charge on any atom is -0.478 e. The summed E-state index contributed by atoms with van der Waals surface area (Å²) in [4.78, 5) is 25.1. The highest BCUT2D eigenvalue weighted by atomic mass is 16.4. The molecule has 4 heteroatoms. The second-order valence-electron chi connectivity index (χ2n) is 10.5. The summed E-state index contributed by atoms with van der Waals surface area (Å²) < 4.78 is 0. The van der Waals surface area contributed by atoms with Gasteiger partial charge in [-0.25, -0.2) is 9.59 Å². The van der Waals surface area contributed by atoms with E-state index in [1.165, 1.54) is 0 Å². The van der Waals surface area contributed by atoms with Crippen LogP contribution in [-0.4, -0.2) is 22.2 Å². The van der Waals surface area contributed by atoms with Crippen molar-refractivity contribution in [3.63, 3.8) is 0 Å². The third-order valence-electron chi connectivity index (χ3n) is 7.04. The molecule has 0 spiro atoms. The van der Waals surface area contributed by atoms with Gasteiger partial charge < -0.3 is 10.2 Å². The molecule has 5 aromatic carbocycles. The number of rotatable bonds is 4. The molecule has 37 heavy (non-hydrogen) atoms. The van der Waals surface area contributed by atoms with Gasteiger partial charge in [-0.1, -0.05) is 87.5 Å². The number of carboxylic acid groups (broad SMARTS) is 2. The molecule has 0 aromatic heterocycles. The predicted molar refractivity (Wildman–Crippen MR) is 150 cm³/mol. The number of fused-ring (bicyclic) bond motifs is 2. The number of aryl methyl sites for hydroxylation is 1. The van der Waals surface area contributed by atoms with E-state index in [0.717, 1.165) is 43.8 Å². The van der Waals surface area contributed by atoms with E-state index >= 15 is 0 Å². The number of aromatic carboxylic acids is 2. The molecule has 5 rings (SSSR count). The Morgan fingerprint density at radius 1 is 0.622 bits per heavy atom. The number of hydrogen-bond acceptors (Lipinski definition) is 2. The van der Waals surface area contributed by atoms with Crippen LogP contribution in [0.25, 0.3) is 43.8 Å². The highest BCUT2D eigenvalue weighted by molar-refractivity contribution is 6.15. The van der Waals surface area contributed by atoms with E-state index in [0.29, 0.717) is 11.1 Å². The highest BCUT2D eigenvalue weighted by Crippen LogP contribution is 2.45. The molecular weight excluding hydrogens is 460 g/mol. The molecule has 0 fully saturated rings. The maximum absolute atomic E-state index is 12.5. The Labute approximate surface area is 215 Å². The van der Waals surface area contributed by atoms with E-state index in [4.69, 9.17) is 0 Å². The summed E-state index contributed by atoms with van der Waals surface area (Å²) in [6.45, 7) is 8.33. The standard InChI is InChI=1S/C33H28O4/c1-19-17-22(33(2,3)4)18-27(29-23-11-7-5-9-20(23)13-15-25(29)31(34)35)28(19)30-24-12-8-6-10-21(24)14-16-26(30)32(36)37/h5-18H,1-4H3,(H,34,35)(H,36,37). The van der Waals surface area contributed by atoms with Crippen molar-refractivity contribution < 1.29 is 19.8 Å². The molecule has 0 saturated heterocycles. The molecular formula is C33H28O4. The first-order valence-electron chi connectivity index (χ1n) is 12.2. The van der Waals surface area contributed by atoms with Gasteiger partial charge in [-0.05, 0) is 74.3 Å². The van der Waals surface area contributed by atoms with E-state index < -0.39 is 11.9 Å². The summed E-state index contributed by atoms with van der Waals surface area (Å²) in [6, 6.07) is 26.5. The number of carbonyl (C=O) groups is 2. The quantitative estimate of drug-likeness (QED) is 0.267. The third-order valence-corrected chi connectivity index (χ3v) is 7.04. The Morgan fingerprint density at radius 2 is 1.11 bits per heavy atom. The van der Waals surface area contributed by atoms with Crippen LogP contribution in [0.3, 0.4) is 0 Å². The van der Waals surface area contributed by atoms with Crippen LogP contribution in [0.5, 0.6) is 0 Å². The lowest BCUT2D eigenvalue weighted by Gasteiger charge is -2.26. The number of carboxylic acids is 2. The summed E-state index contributed by atoms with van der Waals surface area (Å²) in [5.41, 5.74) is 4.75. The van der Waals surface area contributed by atoms with Crippen molar-refractivity contribution in [1.82, 2.24) is 0 Å². The van der Waals surface area contributed by atoms with Crippen molar-refractivity contribution in [1.29, 1.82) is 0 Å². The molecule has 0 amide bonds. The lowest BCUT2D eigenvalue weighted by Crippen LogP contribution is -2.13. The zero-order chi connectivity index (χ0) is 26.5. The zero-order valence-corrected chi connectivity index (χ0v) is 21.3. The topological polar surface area (TPSA) is 74.6 Å². The van der Waals surface area contributed by atoms with Gasteiger partial charge >= 0.3 is 11.9 Å². The van der Waals surface area contributed by atoms with Gasteiger partial charge in [0.2, 0.25) is 0 Å². The highest BCUT2D eigenvalue weighted by Gasteiger charge is 2.26. The molecule has 0 radical (unpaired) electrons. The van der Waals surface area contributed by atoms with Gasteiger partial charge in [0.05, 0.1) is 11.1 Å². The smallest absolute Gasteiger partial charge is 0.336 e. The number of benzene rings is 5. The van der Waals surface area contributed by atoms with E-state index in [1.54, 1.807) is 12.1 Å². The molecule has 0 atom stereocenters. The van der Waals surface area contributed by atoms with Crippen molar-refractivity contribution in [2.75, 3.05) is 0 Å². The Balaban J connectivity index is 2.05. The molecule has 184 valence electrons. The van der Waals surface area contributed by atoms with Crippen LogP contribution >= 0.6 is 0 Å². The van der Waals surface area contributed by atoms with E-state index in [-0.39, 0.29) is 16.5 Å². The first kappa shape index (κ1) is 24.3. The van der Waals surface area contributed by atoms with Crippen molar-refractivity contribution in [2.45, 2.75) is 33.1 Å². The average molecular weight is 489 g/mol. The molecule has 0 unspecified atom stereocenters. The van der Waals surface area contributed by atoms with E-state index in [1.807, 2.05) is 73.7 Å². The molecule has 0 aliphatic carbocycles. The molecule has 5 aromatic rings. The van der Waals surface area contributed by atoms with Crippen LogP contribution in [0, 0.1) is 6.92 Å². The first-order chi connectivity index (χ1) is 17.6. The maximum Gasteiger partial charge on any atom is 0.336 e. The van der Waals surface area contributed by atoms with Gasteiger partial charge in [0, 0.05) is 11.1 Å². The zero-order valence-electron chi connectivity index (χ0n) is 21.3. The van der Waals surface area contributed by atoms with Crippen molar-refractivity contribution in [2.24, 2.45) is 0 Å². The normalized spacial score (nSPS) is 11.7. The fraction of sp³-hybridized carbons (Fsp3) is 0.152. The molecule has 0 bridgehead atoms. The SMILES string of the molecule is Cc1cc(C(C)(C)C)cc(-c2c(C(=O)O)ccc3ccccc23)c1-c1c(C(=O)O)ccc2ccccc12. The Hall–Kier alpha value is -4.44. The van der Waals surface area contributed by atoms with Gasteiger partial charge in [0.15, 0.2) is 0 Å². The van der Waals surface area contributed by atoms with E-state index in [2.05, 4.69) is 26.8 Å². The molecule has 0 saturated carbocycles. The molecule has 0 aliphatic rings. The fourth-order valence-electron chi connectivity index (χ4n) is 5.21. The maximum atomic E-state index is 12.5. The van der Waals surface area contributed by atoms with Crippen LogP contribution in [0.4, 0.5) is 0 Å². The lowest BCUT2D eigenvalue weighted by atomic mass is 9.78. The van der Waals surface area contributed by atoms with Crippen LogP contribution in [0.2, 0.25) is 0 Å². The van der Waals surface area contributed by atoms with Crippen LogP contribution in [-0.2, 0) is 5.41 Å². The molecule has 0 aliphatic heterocycles. The summed E-state index contributed by atoms with van der Waals surface area (Å²) in [5.74, 6) is -2.05. The summed E-state index contributed by atoms with van der Waals surface area (Å²) in [6.07, 6.45) is 0. The first-order valence-corrected chi connectivity index (χ1v) is 12.2. The third kappa shape index (κ3) is 4.15. The summed E-state index contributed by atoms with van der Waals surface area (Å²) >= 11 is 0. The molecule has 2 N–H and O–H groups in total. The fourth-order valence-corrected chi connectivity index (χ4v) is 5.21. The monoisotopic (exact) mass is 488 g/mol. The summed E-state index contributed by atoms with van der Waals surface area (Å²) in [7, 11) is 0. The number of hydrogen-bond donors (Lipinski definition) is 2. The van der Waals surface area contributed by atoms with Gasteiger partial charge in [0.25, 0.3) is 0 Å². The predicted octanol–water partition coefficient (Wildman–Crippen LogP) is 8.33. The van der Waals surface area contributed by atoms with Crippen molar-refractivity contribution in [3.8, 4) is 22.3 Å². The molecule has 0 heterocycles. The van der Waals surface area contributed by atoms with Crippen molar-refractivity contribution >= 4 is 33.5 Å². The van der Waals surface area contributed by atoms with Gasteiger partial charge in [0.1, 0.15) is 0 Å². The van der Waals surface area contributed by atoms with Crippen LogP contribution in [0.15, 0.2) is 84.9 Å². The minimum atomic E-state index is -1.03. The summed E-state index contributed by atoms with van der Waals surface area (Å²) in [5, 5.41) is 24.0. The van der Waals surface area contributed by atoms with Gasteiger partial charge in [-0.2, -0.15) is 0 Å². The minimum absolute atomic E-state index is 0.183. The lowest BCUT2D eigenvalue weighted by molar-refractivity contribution is 0.0687. The van der Waals surface area contributed by atoms with Crippen LogP contribution < -0.4 is 0 Å². The largest absolute Gasteiger partial charge is 0.478 e. The van der Waals surface area contributed by atoms with Gasteiger partial charge in [-0.15, -0.1) is 0 Å². The van der Waals surface area contributed by atoms with Crippen molar-refractivity contribution in [3.05, 3.63) is 107 Å². The second kappa shape index (κ2) is 8.90. The Bertz CT molecular complexity index is 1720. The van der Waals surface area contributed by atoms with Gasteiger partial charge in [-0.3, -0.25) is 0 Å². The Kier molecular flexibility index (Phi) is 5.83. The average Bonchev–Trinajstić information content (AvgIpc) is 2.86. The van der Waals surface area contributed by atoms with E-state index in [9.17, 15) is 19.8 Å². The van der Waals surface area contributed by atoms with Crippen LogP contribution in [0.1, 0.15) is 52.6 Å². The second-order valence-corrected chi connectivity index (χ2v) is 10.5.